The Morgan fingerprint density at radius 1 is 1.12 bits per heavy atom. The molecule has 15 heteroatoms. The van der Waals surface area contributed by atoms with Gasteiger partial charge in [-0.1, -0.05) is 12.1 Å². The van der Waals surface area contributed by atoms with Gasteiger partial charge in [0.05, 0.1) is 22.2 Å². The van der Waals surface area contributed by atoms with Gasteiger partial charge in [0.2, 0.25) is 0 Å². The molecule has 0 spiro atoms. The second kappa shape index (κ2) is 10.4. The quantitative estimate of drug-likeness (QED) is 0.125. The molecule has 0 heterocycles. The zero-order chi connectivity index (χ0) is 25.7. The van der Waals surface area contributed by atoms with Gasteiger partial charge in [0.1, 0.15) is 6.61 Å². The van der Waals surface area contributed by atoms with Gasteiger partial charge in [0.25, 0.3) is 5.69 Å². The van der Waals surface area contributed by atoms with Crippen molar-refractivity contribution in [3.63, 3.8) is 0 Å². The van der Waals surface area contributed by atoms with E-state index in [1.165, 1.54) is 30.3 Å². The van der Waals surface area contributed by atoms with Crippen LogP contribution >= 0.6 is 15.9 Å². The Labute approximate surface area is 195 Å². The summed E-state index contributed by atoms with van der Waals surface area (Å²) < 4.78 is 100. The number of nitro groups is 1. The molecule has 186 valence electrons. The van der Waals surface area contributed by atoms with Crippen molar-refractivity contribution in [1.29, 1.82) is 0 Å². The molecule has 2 aromatic rings. The maximum Gasteiger partial charge on any atom is 0.462 e. The minimum absolute atomic E-state index is 0.0170. The lowest BCUT2D eigenvalue weighted by Gasteiger charge is -2.27. The van der Waals surface area contributed by atoms with Crippen LogP contribution < -0.4 is 14.9 Å². The third-order valence-electron chi connectivity index (χ3n) is 4.01. The maximum absolute atomic E-state index is 13.3. The van der Waals surface area contributed by atoms with E-state index in [4.69, 9.17) is 9.47 Å². The average molecular weight is 562 g/mol. The average Bonchev–Trinajstić information content (AvgIpc) is 2.72. The summed E-state index contributed by atoms with van der Waals surface area (Å²) in [5.41, 5.74) is 0.802. The standard InChI is InChI=1S/C19H15BrF7N3O4/c1-2-33-15-8-12(9-28-29-19(26,27)17(21,22)18(23,24)25)7-14(20)16(15)34-10-11-4-3-5-13(6-11)30(31)32/h3-9,29H,2,10H2,1H3/b28-9+. The fourth-order valence-corrected chi connectivity index (χ4v) is 2.99. The Hall–Kier alpha value is -3.10. The number of benzene rings is 2. The van der Waals surface area contributed by atoms with E-state index >= 15 is 0 Å². The molecule has 7 nitrogen and oxygen atoms in total. The van der Waals surface area contributed by atoms with E-state index < -0.39 is 23.1 Å². The second-order valence-electron chi connectivity index (χ2n) is 6.50. The number of nitro benzene ring substituents is 1. The number of halogens is 8. The van der Waals surface area contributed by atoms with E-state index in [-0.39, 0.29) is 40.4 Å². The summed E-state index contributed by atoms with van der Waals surface area (Å²) in [4.78, 5) is 10.3. The zero-order valence-corrected chi connectivity index (χ0v) is 18.6. The third kappa shape index (κ3) is 6.27. The number of hydrazone groups is 1. The van der Waals surface area contributed by atoms with Crippen LogP contribution in [-0.4, -0.2) is 35.9 Å². The van der Waals surface area contributed by atoms with Crippen molar-refractivity contribution in [2.45, 2.75) is 31.7 Å². The molecule has 0 saturated heterocycles. The van der Waals surface area contributed by atoms with Crippen molar-refractivity contribution in [2.24, 2.45) is 5.10 Å². The van der Waals surface area contributed by atoms with Gasteiger partial charge in [0.15, 0.2) is 11.5 Å². The fraction of sp³-hybridized carbons (Fsp3) is 0.316. The number of ether oxygens (including phenoxy) is 2. The van der Waals surface area contributed by atoms with Gasteiger partial charge in [-0.25, -0.2) is 5.43 Å². The Morgan fingerprint density at radius 2 is 1.79 bits per heavy atom. The van der Waals surface area contributed by atoms with Gasteiger partial charge in [-0.3, -0.25) is 10.1 Å². The van der Waals surface area contributed by atoms with Gasteiger partial charge >= 0.3 is 18.1 Å². The van der Waals surface area contributed by atoms with Crippen molar-refractivity contribution in [3.8, 4) is 11.5 Å². The van der Waals surface area contributed by atoms with E-state index in [1.807, 2.05) is 0 Å². The summed E-state index contributed by atoms with van der Waals surface area (Å²) in [6, 6.07) is 2.37. The summed E-state index contributed by atoms with van der Waals surface area (Å²) in [6.07, 6.45) is -5.92. The highest BCUT2D eigenvalue weighted by atomic mass is 79.9. The van der Waals surface area contributed by atoms with E-state index in [0.717, 1.165) is 0 Å². The van der Waals surface area contributed by atoms with E-state index in [1.54, 1.807) is 13.0 Å². The Kier molecular flexibility index (Phi) is 8.34. The van der Waals surface area contributed by atoms with Gasteiger partial charge in [-0.05, 0) is 46.1 Å². The van der Waals surface area contributed by atoms with Crippen LogP contribution in [0.15, 0.2) is 46.0 Å². The zero-order valence-electron chi connectivity index (χ0n) is 17.0. The molecule has 0 radical (unpaired) electrons. The molecule has 0 aliphatic heterocycles. The highest BCUT2D eigenvalue weighted by Gasteiger charge is 2.73. The van der Waals surface area contributed by atoms with Gasteiger partial charge in [-0.15, -0.1) is 0 Å². The lowest BCUT2D eigenvalue weighted by atomic mass is 10.2. The molecule has 0 aromatic heterocycles. The van der Waals surface area contributed by atoms with E-state index in [0.29, 0.717) is 17.2 Å². The van der Waals surface area contributed by atoms with Crippen molar-refractivity contribution in [2.75, 3.05) is 6.61 Å². The predicted octanol–water partition coefficient (Wildman–Crippen LogP) is 6.05. The van der Waals surface area contributed by atoms with Gasteiger partial charge < -0.3 is 9.47 Å². The van der Waals surface area contributed by atoms with Crippen LogP contribution in [0.2, 0.25) is 0 Å². The molecule has 34 heavy (non-hydrogen) atoms. The van der Waals surface area contributed by atoms with Crippen LogP contribution in [0, 0.1) is 10.1 Å². The van der Waals surface area contributed by atoms with Gasteiger partial charge in [0, 0.05) is 12.1 Å². The van der Waals surface area contributed by atoms with Crippen LogP contribution in [0.1, 0.15) is 18.1 Å². The summed E-state index contributed by atoms with van der Waals surface area (Å²) in [5.74, 6) is -6.19. The highest BCUT2D eigenvalue weighted by molar-refractivity contribution is 9.10. The molecule has 0 atom stereocenters. The van der Waals surface area contributed by atoms with E-state index in [2.05, 4.69) is 21.0 Å². The molecule has 1 N–H and O–H groups in total. The molecule has 0 aliphatic rings. The van der Waals surface area contributed by atoms with Crippen molar-refractivity contribution >= 4 is 27.8 Å². The minimum atomic E-state index is -6.50. The summed E-state index contributed by atoms with van der Waals surface area (Å²) in [7, 11) is 0. The van der Waals surface area contributed by atoms with Crippen LogP contribution in [0.3, 0.4) is 0 Å². The molecular formula is C19H15BrF7N3O4. The fourth-order valence-electron chi connectivity index (χ4n) is 2.42. The Bertz CT molecular complexity index is 1060. The van der Waals surface area contributed by atoms with Crippen molar-refractivity contribution < 1.29 is 45.1 Å². The number of nitrogens with one attached hydrogen (secondary N) is 1. The molecule has 0 unspecified atom stereocenters. The molecule has 2 aromatic carbocycles. The van der Waals surface area contributed by atoms with E-state index in [9.17, 15) is 40.8 Å². The first-order valence-electron chi connectivity index (χ1n) is 9.14. The Balaban J connectivity index is 2.23. The minimum Gasteiger partial charge on any atom is -0.490 e. The first-order chi connectivity index (χ1) is 15.7. The topological polar surface area (TPSA) is 86.0 Å². The first kappa shape index (κ1) is 27.1. The predicted molar refractivity (Wildman–Crippen MR) is 109 cm³/mol. The van der Waals surface area contributed by atoms with Crippen LogP contribution in [0.25, 0.3) is 0 Å². The molecule has 0 fully saturated rings. The summed E-state index contributed by atoms with van der Waals surface area (Å²) in [6.45, 7) is 1.61. The number of alkyl halides is 7. The lowest BCUT2D eigenvalue weighted by Crippen LogP contribution is -2.58. The molecule has 0 saturated carbocycles. The lowest BCUT2D eigenvalue weighted by molar-refractivity contribution is -0.384. The largest absolute Gasteiger partial charge is 0.490 e. The Morgan fingerprint density at radius 3 is 2.38 bits per heavy atom. The number of nitrogens with zero attached hydrogens (tertiary/aromatic N) is 2. The molecular weight excluding hydrogens is 547 g/mol. The van der Waals surface area contributed by atoms with Crippen molar-refractivity contribution in [1.82, 2.24) is 5.43 Å². The number of rotatable bonds is 10. The molecule has 0 aliphatic carbocycles. The smallest absolute Gasteiger partial charge is 0.462 e. The normalized spacial score (nSPS) is 12.6. The summed E-state index contributed by atoms with van der Waals surface area (Å²) >= 11 is 3.16. The monoisotopic (exact) mass is 561 g/mol. The highest BCUT2D eigenvalue weighted by Crippen LogP contribution is 2.45. The first-order valence-corrected chi connectivity index (χ1v) is 9.94. The van der Waals surface area contributed by atoms with Crippen LogP contribution in [-0.2, 0) is 6.61 Å². The molecule has 0 bridgehead atoms. The molecule has 2 rings (SSSR count). The second-order valence-corrected chi connectivity index (χ2v) is 7.35. The third-order valence-corrected chi connectivity index (χ3v) is 4.59. The summed E-state index contributed by atoms with van der Waals surface area (Å²) in [5, 5.41) is 13.7. The van der Waals surface area contributed by atoms with Crippen LogP contribution in [0.4, 0.5) is 36.4 Å². The van der Waals surface area contributed by atoms with Crippen molar-refractivity contribution in [3.05, 3.63) is 62.1 Å². The van der Waals surface area contributed by atoms with Crippen LogP contribution in [0.5, 0.6) is 11.5 Å². The molecule has 0 amide bonds. The number of non-ortho nitro benzene ring substituents is 1. The SMILES string of the molecule is CCOc1cc(/C=N/NC(F)(F)C(F)(F)C(F)(F)F)cc(Br)c1OCc1cccc([N+](=O)[O-])c1. The maximum atomic E-state index is 13.3. The number of hydrogen-bond acceptors (Lipinski definition) is 6. The van der Waals surface area contributed by atoms with Gasteiger partial charge in [-0.2, -0.15) is 35.8 Å². The number of hydrogen-bond donors (Lipinski definition) is 1.